The standard InChI is InChI=1S/C14H8ClFI2N2/c15-7-14-19-11-6-10(18)8(16)5-13(11)20(14)12-4-2-1-3-9(12)17/h1-6H,7H2. The van der Waals surface area contributed by atoms with E-state index in [4.69, 9.17) is 11.6 Å². The molecule has 0 aliphatic rings. The second-order valence-electron chi connectivity index (χ2n) is 4.20. The Morgan fingerprint density at radius 3 is 2.60 bits per heavy atom. The number of nitrogens with zero attached hydrogens (tertiary/aromatic N) is 2. The molecule has 0 radical (unpaired) electrons. The summed E-state index contributed by atoms with van der Waals surface area (Å²) in [6.45, 7) is 0. The Balaban J connectivity index is 2.39. The predicted molar refractivity (Wildman–Crippen MR) is 96.0 cm³/mol. The summed E-state index contributed by atoms with van der Waals surface area (Å²) in [7, 11) is 0. The van der Waals surface area contributed by atoms with Crippen molar-refractivity contribution < 1.29 is 4.39 Å². The van der Waals surface area contributed by atoms with Crippen molar-refractivity contribution in [2.75, 3.05) is 0 Å². The lowest BCUT2D eigenvalue weighted by Crippen LogP contribution is -2.01. The molecule has 20 heavy (non-hydrogen) atoms. The zero-order valence-corrected chi connectivity index (χ0v) is 15.1. The van der Waals surface area contributed by atoms with Crippen LogP contribution in [0.25, 0.3) is 16.7 Å². The fraction of sp³-hybridized carbons (Fsp3) is 0.0714. The molecule has 0 aliphatic carbocycles. The number of benzene rings is 2. The van der Waals surface area contributed by atoms with Crippen molar-refractivity contribution in [3.05, 3.63) is 55.2 Å². The molecule has 3 aromatic rings. The minimum absolute atomic E-state index is 0.244. The van der Waals surface area contributed by atoms with Crippen LogP contribution in [0.2, 0.25) is 0 Å². The lowest BCUT2D eigenvalue weighted by atomic mass is 10.2. The Morgan fingerprint density at radius 1 is 1.15 bits per heavy atom. The molecule has 102 valence electrons. The maximum absolute atomic E-state index is 13.9. The maximum Gasteiger partial charge on any atom is 0.138 e. The number of halogens is 4. The first-order chi connectivity index (χ1) is 9.61. The molecule has 0 fully saturated rings. The molecular weight excluding hydrogens is 504 g/mol. The van der Waals surface area contributed by atoms with Crippen LogP contribution in [0.4, 0.5) is 4.39 Å². The van der Waals surface area contributed by atoms with E-state index >= 15 is 0 Å². The zero-order valence-electron chi connectivity index (χ0n) is 10.1. The van der Waals surface area contributed by atoms with Gasteiger partial charge < -0.3 is 0 Å². The highest BCUT2D eigenvalue weighted by atomic mass is 127. The highest BCUT2D eigenvalue weighted by Gasteiger charge is 2.15. The molecule has 0 bridgehead atoms. The van der Waals surface area contributed by atoms with Crippen LogP contribution >= 0.6 is 56.8 Å². The summed E-state index contributed by atoms with van der Waals surface area (Å²) in [6, 6.07) is 11.2. The van der Waals surface area contributed by atoms with Crippen molar-refractivity contribution in [2.45, 2.75) is 5.88 Å². The van der Waals surface area contributed by atoms with Crippen molar-refractivity contribution in [3.63, 3.8) is 0 Å². The highest BCUT2D eigenvalue weighted by Crippen LogP contribution is 2.28. The van der Waals surface area contributed by atoms with E-state index in [0.717, 1.165) is 20.3 Å². The summed E-state index contributed by atoms with van der Waals surface area (Å²) in [6.07, 6.45) is 0. The molecule has 6 heteroatoms. The summed E-state index contributed by atoms with van der Waals surface area (Å²) >= 11 is 10.2. The molecule has 0 spiro atoms. The van der Waals surface area contributed by atoms with Gasteiger partial charge in [-0.1, -0.05) is 12.1 Å². The van der Waals surface area contributed by atoms with E-state index in [9.17, 15) is 4.39 Å². The van der Waals surface area contributed by atoms with Gasteiger partial charge in [0.1, 0.15) is 11.6 Å². The van der Waals surface area contributed by atoms with Gasteiger partial charge in [0.05, 0.1) is 26.2 Å². The van der Waals surface area contributed by atoms with Crippen LogP contribution in [-0.2, 0) is 5.88 Å². The van der Waals surface area contributed by atoms with Gasteiger partial charge in [-0.15, -0.1) is 11.6 Å². The molecule has 1 aromatic heterocycles. The summed E-state index contributed by atoms with van der Waals surface area (Å²) in [5, 5.41) is 0. The van der Waals surface area contributed by atoms with Crippen molar-refractivity contribution in [3.8, 4) is 5.69 Å². The van der Waals surface area contributed by atoms with Gasteiger partial charge in [-0.2, -0.15) is 0 Å². The summed E-state index contributed by atoms with van der Waals surface area (Å²) in [4.78, 5) is 4.51. The van der Waals surface area contributed by atoms with Gasteiger partial charge in [-0.25, -0.2) is 9.37 Å². The Hall–Kier alpha value is -0.410. The van der Waals surface area contributed by atoms with Crippen LogP contribution in [0, 0.1) is 13.0 Å². The molecule has 0 amide bonds. The Morgan fingerprint density at radius 2 is 1.90 bits per heavy atom. The van der Waals surface area contributed by atoms with Gasteiger partial charge in [-0.05, 0) is 63.4 Å². The van der Waals surface area contributed by atoms with E-state index < -0.39 is 0 Å². The van der Waals surface area contributed by atoms with Crippen LogP contribution in [-0.4, -0.2) is 9.55 Å². The van der Waals surface area contributed by atoms with E-state index in [2.05, 4.69) is 27.6 Å². The molecule has 2 nitrogen and oxygen atoms in total. The molecule has 0 atom stereocenters. The van der Waals surface area contributed by atoms with Crippen LogP contribution in [0.3, 0.4) is 0 Å². The van der Waals surface area contributed by atoms with Crippen molar-refractivity contribution in [1.29, 1.82) is 0 Å². The average molecular weight is 512 g/mol. The molecule has 3 rings (SSSR count). The van der Waals surface area contributed by atoms with E-state index in [1.165, 1.54) is 6.07 Å². The van der Waals surface area contributed by atoms with Crippen LogP contribution in [0.15, 0.2) is 36.4 Å². The van der Waals surface area contributed by atoms with Gasteiger partial charge in [0.15, 0.2) is 0 Å². The number of aromatic nitrogens is 2. The zero-order chi connectivity index (χ0) is 14.3. The molecule has 0 N–H and O–H groups in total. The molecule has 1 heterocycles. The normalized spacial score (nSPS) is 11.2. The van der Waals surface area contributed by atoms with E-state index in [1.807, 2.05) is 51.4 Å². The number of rotatable bonds is 2. The fourth-order valence-corrected chi connectivity index (χ4v) is 3.37. The van der Waals surface area contributed by atoms with Gasteiger partial charge in [0.2, 0.25) is 0 Å². The van der Waals surface area contributed by atoms with Gasteiger partial charge in [-0.3, -0.25) is 4.57 Å². The Labute approximate surface area is 147 Å². The first-order valence-electron chi connectivity index (χ1n) is 5.79. The molecule has 0 unspecified atom stereocenters. The Kier molecular flexibility index (Phi) is 4.19. The van der Waals surface area contributed by atoms with Crippen molar-refractivity contribution >= 4 is 67.8 Å². The summed E-state index contributed by atoms with van der Waals surface area (Å²) in [5.74, 6) is 0.746. The van der Waals surface area contributed by atoms with Crippen LogP contribution in [0.1, 0.15) is 5.82 Å². The number of alkyl halides is 1. The summed E-state index contributed by atoms with van der Waals surface area (Å²) in [5.41, 5.74) is 2.46. The first kappa shape index (κ1) is 14.5. The second-order valence-corrected chi connectivity index (χ2v) is 6.80. The number of para-hydroxylation sites is 1. The average Bonchev–Trinajstić information content (AvgIpc) is 2.77. The van der Waals surface area contributed by atoms with Crippen LogP contribution < -0.4 is 0 Å². The third-order valence-electron chi connectivity index (χ3n) is 2.98. The van der Waals surface area contributed by atoms with Gasteiger partial charge in [0.25, 0.3) is 0 Å². The lowest BCUT2D eigenvalue weighted by Gasteiger charge is -2.10. The minimum atomic E-state index is -0.244. The monoisotopic (exact) mass is 512 g/mol. The smallest absolute Gasteiger partial charge is 0.138 e. The first-order valence-corrected chi connectivity index (χ1v) is 8.48. The van der Waals surface area contributed by atoms with Crippen LogP contribution in [0.5, 0.6) is 0 Å². The second kappa shape index (κ2) is 5.76. The van der Waals surface area contributed by atoms with E-state index in [-0.39, 0.29) is 11.7 Å². The molecule has 0 saturated carbocycles. The maximum atomic E-state index is 13.9. The van der Waals surface area contributed by atoms with Crippen molar-refractivity contribution in [1.82, 2.24) is 9.55 Å². The summed E-state index contributed by atoms with van der Waals surface area (Å²) < 4.78 is 17.4. The fourth-order valence-electron chi connectivity index (χ4n) is 2.11. The third kappa shape index (κ3) is 2.43. The van der Waals surface area contributed by atoms with E-state index in [0.29, 0.717) is 9.39 Å². The topological polar surface area (TPSA) is 17.8 Å². The SMILES string of the molecule is Fc1cc2c(cc1I)nc(CCl)n2-c1ccccc1I. The third-order valence-corrected chi connectivity index (χ3v) is 4.96. The number of hydrogen-bond acceptors (Lipinski definition) is 1. The molecule has 0 saturated heterocycles. The number of imidazole rings is 1. The molecule has 0 aliphatic heterocycles. The van der Waals surface area contributed by atoms with E-state index in [1.54, 1.807) is 6.07 Å². The van der Waals surface area contributed by atoms with Crippen molar-refractivity contribution in [2.24, 2.45) is 0 Å². The molecular formula is C14H8ClFI2N2. The number of fused-ring (bicyclic) bond motifs is 1. The quantitative estimate of drug-likeness (QED) is 0.345. The van der Waals surface area contributed by atoms with Gasteiger partial charge in [0, 0.05) is 9.64 Å². The Bertz CT molecular complexity index is 801. The molecule has 2 aromatic carbocycles. The highest BCUT2D eigenvalue weighted by molar-refractivity contribution is 14.1. The lowest BCUT2D eigenvalue weighted by molar-refractivity contribution is 0.622. The van der Waals surface area contributed by atoms with Gasteiger partial charge >= 0.3 is 0 Å². The predicted octanol–water partition coefficient (Wildman–Crippen LogP) is 5.11. The number of hydrogen-bond donors (Lipinski definition) is 0. The minimum Gasteiger partial charge on any atom is -0.294 e. The largest absolute Gasteiger partial charge is 0.294 e.